The smallest absolute Gasteiger partial charge is 0.394 e. The van der Waals surface area contributed by atoms with Crippen molar-refractivity contribution in [2.45, 2.75) is 193 Å². The molecule has 0 fully saturated rings. The lowest BCUT2D eigenvalue weighted by molar-refractivity contribution is -0.0462. The van der Waals surface area contributed by atoms with Crippen LogP contribution in [0.15, 0.2) is 12.2 Å². The van der Waals surface area contributed by atoms with Crippen LogP contribution in [-0.2, 0) is 23.1 Å². The summed E-state index contributed by atoms with van der Waals surface area (Å²) in [6.07, 6.45) is 35.9. The average molecular weight is 693 g/mol. The van der Waals surface area contributed by atoms with Gasteiger partial charge in [-0.05, 0) is 38.5 Å². The summed E-state index contributed by atoms with van der Waals surface area (Å²) in [5.41, 5.74) is 0. The molecule has 9 heteroatoms. The molecule has 47 heavy (non-hydrogen) atoms. The van der Waals surface area contributed by atoms with E-state index in [4.69, 9.17) is 23.6 Å². The first-order valence-corrected chi connectivity index (χ1v) is 21.2. The van der Waals surface area contributed by atoms with Gasteiger partial charge >= 0.3 is 7.82 Å². The summed E-state index contributed by atoms with van der Waals surface area (Å²) in [5, 5.41) is 18.3. The van der Waals surface area contributed by atoms with Gasteiger partial charge in [0.05, 0.1) is 26.4 Å². The van der Waals surface area contributed by atoms with Gasteiger partial charge in [-0.2, -0.15) is 0 Å². The van der Waals surface area contributed by atoms with Crippen LogP contribution in [0.25, 0.3) is 0 Å². The number of rotatable bonds is 39. The number of hydrogen-bond donors (Lipinski definition) is 3. The maximum atomic E-state index is 12.2. The van der Waals surface area contributed by atoms with E-state index >= 15 is 0 Å². The molecule has 0 saturated carbocycles. The molecule has 0 heterocycles. The van der Waals surface area contributed by atoms with Crippen LogP contribution in [-0.4, -0.2) is 67.0 Å². The van der Waals surface area contributed by atoms with Gasteiger partial charge in [0.25, 0.3) is 0 Å². The van der Waals surface area contributed by atoms with Gasteiger partial charge in [-0.3, -0.25) is 9.05 Å². The minimum atomic E-state index is -4.38. The maximum absolute atomic E-state index is 12.2. The summed E-state index contributed by atoms with van der Waals surface area (Å²) in [4.78, 5) is 9.94. The van der Waals surface area contributed by atoms with Crippen LogP contribution >= 0.6 is 7.82 Å². The highest BCUT2D eigenvalue weighted by atomic mass is 31.2. The molecule has 0 saturated heterocycles. The summed E-state index contributed by atoms with van der Waals surface area (Å²) in [7, 11) is -4.38. The van der Waals surface area contributed by atoms with Crippen molar-refractivity contribution in [2.24, 2.45) is 0 Å². The summed E-state index contributed by atoms with van der Waals surface area (Å²) in [6, 6.07) is 0. The largest absolute Gasteiger partial charge is 0.472 e. The van der Waals surface area contributed by atoms with Crippen molar-refractivity contribution < 1.29 is 38.2 Å². The van der Waals surface area contributed by atoms with Gasteiger partial charge in [0.1, 0.15) is 12.2 Å². The number of aliphatic hydroxyl groups excluding tert-OH is 2. The predicted molar refractivity (Wildman–Crippen MR) is 196 cm³/mol. The zero-order valence-corrected chi connectivity index (χ0v) is 31.7. The van der Waals surface area contributed by atoms with Crippen molar-refractivity contribution in [3.8, 4) is 0 Å². The van der Waals surface area contributed by atoms with E-state index in [9.17, 15) is 14.6 Å². The molecule has 0 radical (unpaired) electrons. The van der Waals surface area contributed by atoms with E-state index in [1.165, 1.54) is 141 Å². The van der Waals surface area contributed by atoms with E-state index in [2.05, 4.69) is 26.0 Å². The predicted octanol–water partition coefficient (Wildman–Crippen LogP) is 10.6. The molecule has 0 aromatic heterocycles. The minimum Gasteiger partial charge on any atom is -0.394 e. The van der Waals surface area contributed by atoms with Gasteiger partial charge in [-0.1, -0.05) is 154 Å². The third-order valence-corrected chi connectivity index (χ3v) is 9.47. The fraction of sp³-hybridized carbons (Fsp3) is 0.947. The molecule has 0 aromatic carbocycles. The average Bonchev–Trinajstić information content (AvgIpc) is 3.07. The first kappa shape index (κ1) is 46.7. The van der Waals surface area contributed by atoms with Crippen LogP contribution in [0.5, 0.6) is 0 Å². The molecule has 0 aliphatic carbocycles. The summed E-state index contributed by atoms with van der Waals surface area (Å²) in [5.74, 6) is 0. The standard InChI is InChI=1S/C38H77O8P/c1-3-5-7-9-11-13-15-17-19-21-23-25-27-29-31-43-35-38(36-46-47(41,42)45-34-37(40)33-39)44-32-30-28-26-24-22-20-18-16-14-12-10-8-6-4-2/h14,16,37-40H,3-13,15,17-36H2,1-2H3,(H,41,42). The second kappa shape index (κ2) is 37.0. The number of aliphatic hydroxyl groups is 2. The molecule has 8 nitrogen and oxygen atoms in total. The Labute approximate surface area is 290 Å². The molecule has 0 spiro atoms. The minimum absolute atomic E-state index is 0.145. The van der Waals surface area contributed by atoms with Gasteiger partial charge in [-0.25, -0.2) is 4.57 Å². The third-order valence-electron chi connectivity index (χ3n) is 8.52. The Hall–Kier alpha value is -0.310. The van der Waals surface area contributed by atoms with Gasteiger partial charge < -0.3 is 24.6 Å². The Morgan fingerprint density at radius 3 is 1.45 bits per heavy atom. The van der Waals surface area contributed by atoms with E-state index in [0.29, 0.717) is 13.2 Å². The second-order valence-electron chi connectivity index (χ2n) is 13.3. The zero-order valence-electron chi connectivity index (χ0n) is 30.8. The highest BCUT2D eigenvalue weighted by Gasteiger charge is 2.25. The molecule has 282 valence electrons. The monoisotopic (exact) mass is 693 g/mol. The fourth-order valence-corrected chi connectivity index (χ4v) is 6.24. The molecule has 0 aliphatic heterocycles. The number of ether oxygens (including phenoxy) is 2. The van der Waals surface area contributed by atoms with Crippen molar-refractivity contribution in [1.29, 1.82) is 0 Å². The van der Waals surface area contributed by atoms with Crippen LogP contribution in [0.3, 0.4) is 0 Å². The Balaban J connectivity index is 4.06. The highest BCUT2D eigenvalue weighted by Crippen LogP contribution is 2.43. The number of allylic oxidation sites excluding steroid dienone is 2. The molecule has 0 aromatic rings. The number of hydrogen-bond acceptors (Lipinski definition) is 7. The second-order valence-corrected chi connectivity index (χ2v) is 14.7. The molecular weight excluding hydrogens is 615 g/mol. The number of phosphoric acid groups is 1. The quantitative estimate of drug-likeness (QED) is 0.0331. The Morgan fingerprint density at radius 1 is 0.553 bits per heavy atom. The first-order chi connectivity index (χ1) is 22.9. The Morgan fingerprint density at radius 2 is 0.957 bits per heavy atom. The van der Waals surface area contributed by atoms with Gasteiger partial charge in [0, 0.05) is 13.2 Å². The molecule has 3 N–H and O–H groups in total. The van der Waals surface area contributed by atoms with E-state index in [1.807, 2.05) is 0 Å². The highest BCUT2D eigenvalue weighted by molar-refractivity contribution is 7.47. The van der Waals surface area contributed by atoms with Crippen LogP contribution in [0.2, 0.25) is 0 Å². The molecular formula is C38H77O8P. The Kier molecular flexibility index (Phi) is 36.7. The summed E-state index contributed by atoms with van der Waals surface area (Å²) < 4.78 is 33.9. The lowest BCUT2D eigenvalue weighted by Gasteiger charge is -2.20. The molecule has 3 unspecified atom stereocenters. The fourth-order valence-electron chi connectivity index (χ4n) is 5.45. The van der Waals surface area contributed by atoms with E-state index < -0.39 is 33.2 Å². The van der Waals surface area contributed by atoms with E-state index in [0.717, 1.165) is 25.7 Å². The number of phosphoric ester groups is 1. The van der Waals surface area contributed by atoms with E-state index in [-0.39, 0.29) is 13.2 Å². The molecule has 0 rings (SSSR count). The van der Waals surface area contributed by atoms with Crippen LogP contribution in [0.1, 0.15) is 181 Å². The van der Waals surface area contributed by atoms with Crippen molar-refractivity contribution >= 4 is 7.82 Å². The molecule has 0 aliphatic rings. The van der Waals surface area contributed by atoms with Crippen LogP contribution < -0.4 is 0 Å². The maximum Gasteiger partial charge on any atom is 0.472 e. The van der Waals surface area contributed by atoms with Crippen molar-refractivity contribution in [3.63, 3.8) is 0 Å². The van der Waals surface area contributed by atoms with E-state index in [1.54, 1.807) is 0 Å². The summed E-state index contributed by atoms with van der Waals surface area (Å²) in [6.45, 7) is 4.77. The van der Waals surface area contributed by atoms with Gasteiger partial charge in [0.2, 0.25) is 0 Å². The Bertz CT molecular complexity index is 693. The van der Waals surface area contributed by atoms with Gasteiger partial charge in [-0.15, -0.1) is 0 Å². The third kappa shape index (κ3) is 36.8. The number of unbranched alkanes of at least 4 members (excludes halogenated alkanes) is 23. The van der Waals surface area contributed by atoms with Crippen LogP contribution in [0.4, 0.5) is 0 Å². The van der Waals surface area contributed by atoms with Crippen molar-refractivity contribution in [1.82, 2.24) is 0 Å². The molecule has 0 bridgehead atoms. The topological polar surface area (TPSA) is 115 Å². The zero-order chi connectivity index (χ0) is 34.5. The van der Waals surface area contributed by atoms with Crippen molar-refractivity contribution in [2.75, 3.05) is 39.6 Å². The normalized spacial score (nSPS) is 14.6. The molecule has 3 atom stereocenters. The SMILES string of the molecule is CCCCCCC=CCCCCCCCCOC(COCCCCCCCCCCCCCCCC)COP(=O)(O)OCC(O)CO. The van der Waals surface area contributed by atoms with Gasteiger partial charge in [0.15, 0.2) is 0 Å². The summed E-state index contributed by atoms with van der Waals surface area (Å²) >= 11 is 0. The lowest BCUT2D eigenvalue weighted by atomic mass is 10.0. The van der Waals surface area contributed by atoms with Crippen LogP contribution in [0, 0.1) is 0 Å². The van der Waals surface area contributed by atoms with Crippen molar-refractivity contribution in [3.05, 3.63) is 12.2 Å². The molecule has 0 amide bonds. The lowest BCUT2D eigenvalue weighted by Crippen LogP contribution is -2.27. The first-order valence-electron chi connectivity index (χ1n) is 19.7.